The lowest BCUT2D eigenvalue weighted by atomic mass is 10.0. The van der Waals surface area contributed by atoms with Crippen LogP contribution in [0.5, 0.6) is 0 Å². The van der Waals surface area contributed by atoms with Crippen LogP contribution in [0.25, 0.3) is 0 Å². The molecular weight excluding hydrogens is 294 g/mol. The summed E-state index contributed by atoms with van der Waals surface area (Å²) in [5.74, 6) is 0.287. The van der Waals surface area contributed by atoms with Gasteiger partial charge in [-0.1, -0.05) is 13.8 Å². The minimum absolute atomic E-state index is 0.0344. The van der Waals surface area contributed by atoms with Crippen molar-refractivity contribution in [2.24, 2.45) is 5.92 Å². The summed E-state index contributed by atoms with van der Waals surface area (Å²) in [4.78, 5) is 12.1. The first-order chi connectivity index (χ1) is 8.54. The molecule has 1 aromatic rings. The predicted molar refractivity (Wildman–Crippen MR) is 76.8 cm³/mol. The SMILES string of the molecule is CCc1nn(CC)c(CC(=O)C(C)CNC)c1Br. The summed E-state index contributed by atoms with van der Waals surface area (Å²) >= 11 is 3.57. The Labute approximate surface area is 117 Å². The molecule has 0 saturated carbocycles. The van der Waals surface area contributed by atoms with E-state index in [0.717, 1.165) is 35.4 Å². The van der Waals surface area contributed by atoms with Crippen LogP contribution in [-0.2, 0) is 24.2 Å². The summed E-state index contributed by atoms with van der Waals surface area (Å²) in [6, 6.07) is 0. The summed E-state index contributed by atoms with van der Waals surface area (Å²) < 4.78 is 2.92. The molecule has 1 aromatic heterocycles. The Morgan fingerprint density at radius 1 is 1.50 bits per heavy atom. The fraction of sp³-hybridized carbons (Fsp3) is 0.692. The third kappa shape index (κ3) is 3.42. The quantitative estimate of drug-likeness (QED) is 0.839. The highest BCUT2D eigenvalue weighted by molar-refractivity contribution is 9.10. The number of Topliss-reactive ketones (excluding diaryl/α,β-unsaturated/α-hetero) is 1. The van der Waals surface area contributed by atoms with Crippen LogP contribution in [0.2, 0.25) is 0 Å². The largest absolute Gasteiger partial charge is 0.319 e. The number of aromatic nitrogens is 2. The third-order valence-corrected chi connectivity index (χ3v) is 4.01. The lowest BCUT2D eigenvalue weighted by molar-refractivity contribution is -0.121. The lowest BCUT2D eigenvalue weighted by Gasteiger charge is -2.10. The maximum atomic E-state index is 12.1. The maximum Gasteiger partial charge on any atom is 0.142 e. The Morgan fingerprint density at radius 2 is 2.17 bits per heavy atom. The van der Waals surface area contributed by atoms with Crippen molar-refractivity contribution in [2.45, 2.75) is 40.2 Å². The Bertz CT molecular complexity index is 415. The maximum absolute atomic E-state index is 12.1. The topological polar surface area (TPSA) is 46.9 Å². The first-order valence-electron chi connectivity index (χ1n) is 6.46. The average Bonchev–Trinajstić information content (AvgIpc) is 2.66. The molecule has 0 bridgehead atoms. The number of nitrogens with one attached hydrogen (secondary N) is 1. The van der Waals surface area contributed by atoms with E-state index in [1.165, 1.54) is 0 Å². The Balaban J connectivity index is 2.89. The van der Waals surface area contributed by atoms with Gasteiger partial charge in [-0.3, -0.25) is 9.48 Å². The van der Waals surface area contributed by atoms with Gasteiger partial charge in [-0.05, 0) is 36.3 Å². The zero-order chi connectivity index (χ0) is 13.7. The lowest BCUT2D eigenvalue weighted by Crippen LogP contribution is -2.25. The molecule has 0 radical (unpaired) electrons. The summed E-state index contributed by atoms with van der Waals surface area (Å²) in [6.45, 7) is 7.59. The van der Waals surface area contributed by atoms with E-state index < -0.39 is 0 Å². The number of carbonyl (C=O) groups excluding carboxylic acids is 1. The molecule has 0 saturated heterocycles. The third-order valence-electron chi connectivity index (χ3n) is 3.10. The number of ketones is 1. The van der Waals surface area contributed by atoms with E-state index in [2.05, 4.69) is 33.3 Å². The standard InChI is InChI=1S/C13H22BrN3O/c1-5-10-13(14)11(17(6-2)16-10)7-12(18)9(3)8-15-4/h9,15H,5-8H2,1-4H3. The molecule has 0 amide bonds. The van der Waals surface area contributed by atoms with Crippen molar-refractivity contribution in [3.8, 4) is 0 Å². The van der Waals surface area contributed by atoms with E-state index in [4.69, 9.17) is 0 Å². The number of halogens is 1. The van der Waals surface area contributed by atoms with E-state index in [9.17, 15) is 4.79 Å². The van der Waals surface area contributed by atoms with Crippen molar-refractivity contribution in [1.29, 1.82) is 0 Å². The molecular formula is C13H22BrN3O. The number of nitrogens with zero attached hydrogens (tertiary/aromatic N) is 2. The monoisotopic (exact) mass is 315 g/mol. The second kappa shape index (κ2) is 7.04. The van der Waals surface area contributed by atoms with Crippen molar-refractivity contribution in [3.05, 3.63) is 15.9 Å². The van der Waals surface area contributed by atoms with E-state index >= 15 is 0 Å². The molecule has 102 valence electrons. The second-order valence-electron chi connectivity index (χ2n) is 4.48. The molecule has 5 heteroatoms. The van der Waals surface area contributed by atoms with Crippen LogP contribution in [-0.4, -0.2) is 29.2 Å². The van der Waals surface area contributed by atoms with Crippen LogP contribution in [0.4, 0.5) is 0 Å². The van der Waals surface area contributed by atoms with Crippen LogP contribution in [0.15, 0.2) is 4.47 Å². The molecule has 1 atom stereocenters. The molecule has 1 rings (SSSR count). The molecule has 4 nitrogen and oxygen atoms in total. The highest BCUT2D eigenvalue weighted by atomic mass is 79.9. The smallest absolute Gasteiger partial charge is 0.142 e. The zero-order valence-electron chi connectivity index (χ0n) is 11.6. The number of carbonyl (C=O) groups is 1. The van der Waals surface area contributed by atoms with Crippen molar-refractivity contribution in [1.82, 2.24) is 15.1 Å². The number of hydrogen-bond acceptors (Lipinski definition) is 3. The van der Waals surface area contributed by atoms with Gasteiger partial charge in [0.05, 0.1) is 15.9 Å². The van der Waals surface area contributed by atoms with Crippen molar-refractivity contribution >= 4 is 21.7 Å². The van der Waals surface area contributed by atoms with Gasteiger partial charge in [0.2, 0.25) is 0 Å². The van der Waals surface area contributed by atoms with E-state index in [1.807, 2.05) is 25.6 Å². The molecule has 1 N–H and O–H groups in total. The summed E-state index contributed by atoms with van der Waals surface area (Å²) in [6.07, 6.45) is 1.32. The molecule has 18 heavy (non-hydrogen) atoms. The summed E-state index contributed by atoms with van der Waals surface area (Å²) in [5, 5.41) is 7.55. The summed E-state index contributed by atoms with van der Waals surface area (Å²) in [7, 11) is 1.87. The van der Waals surface area contributed by atoms with Crippen LogP contribution in [0.3, 0.4) is 0 Å². The van der Waals surface area contributed by atoms with Crippen molar-refractivity contribution in [3.63, 3.8) is 0 Å². The highest BCUT2D eigenvalue weighted by Crippen LogP contribution is 2.23. The molecule has 0 fully saturated rings. The Hall–Kier alpha value is -0.680. The van der Waals surface area contributed by atoms with Gasteiger partial charge in [-0.25, -0.2) is 0 Å². The normalized spacial score (nSPS) is 12.7. The fourth-order valence-corrected chi connectivity index (χ4v) is 2.65. The minimum Gasteiger partial charge on any atom is -0.319 e. The molecule has 0 spiro atoms. The van der Waals surface area contributed by atoms with Gasteiger partial charge < -0.3 is 5.32 Å². The fourth-order valence-electron chi connectivity index (χ4n) is 1.95. The Kier molecular flexibility index (Phi) is 6.02. The highest BCUT2D eigenvalue weighted by Gasteiger charge is 2.19. The van der Waals surface area contributed by atoms with Gasteiger partial charge in [-0.2, -0.15) is 5.10 Å². The van der Waals surface area contributed by atoms with Gasteiger partial charge in [0, 0.05) is 25.4 Å². The molecule has 0 aliphatic rings. The second-order valence-corrected chi connectivity index (χ2v) is 5.27. The van der Waals surface area contributed by atoms with Crippen molar-refractivity contribution in [2.75, 3.05) is 13.6 Å². The van der Waals surface area contributed by atoms with Crippen molar-refractivity contribution < 1.29 is 4.79 Å². The van der Waals surface area contributed by atoms with Gasteiger partial charge in [0.1, 0.15) is 5.78 Å². The van der Waals surface area contributed by atoms with Gasteiger partial charge in [-0.15, -0.1) is 0 Å². The van der Waals surface area contributed by atoms with E-state index in [0.29, 0.717) is 6.42 Å². The zero-order valence-corrected chi connectivity index (χ0v) is 13.2. The molecule has 1 heterocycles. The van der Waals surface area contributed by atoms with Crippen LogP contribution >= 0.6 is 15.9 Å². The van der Waals surface area contributed by atoms with Gasteiger partial charge in [0.15, 0.2) is 0 Å². The number of hydrogen-bond donors (Lipinski definition) is 1. The van der Waals surface area contributed by atoms with Gasteiger partial charge >= 0.3 is 0 Å². The van der Waals surface area contributed by atoms with Crippen LogP contribution < -0.4 is 5.32 Å². The Morgan fingerprint density at radius 3 is 2.67 bits per heavy atom. The predicted octanol–water partition coefficient (Wildman–Crippen LogP) is 2.20. The van der Waals surface area contributed by atoms with Gasteiger partial charge in [0.25, 0.3) is 0 Å². The first-order valence-corrected chi connectivity index (χ1v) is 7.25. The summed E-state index contributed by atoms with van der Waals surface area (Å²) in [5.41, 5.74) is 2.03. The van der Waals surface area contributed by atoms with E-state index in [1.54, 1.807) is 0 Å². The van der Waals surface area contributed by atoms with E-state index in [-0.39, 0.29) is 11.7 Å². The minimum atomic E-state index is 0.0344. The number of aryl methyl sites for hydroxylation is 2. The number of rotatable bonds is 7. The average molecular weight is 316 g/mol. The van der Waals surface area contributed by atoms with Crippen LogP contribution in [0.1, 0.15) is 32.2 Å². The molecule has 0 aromatic carbocycles. The molecule has 0 aliphatic carbocycles. The molecule has 0 aliphatic heterocycles. The first kappa shape index (κ1) is 15.4. The van der Waals surface area contributed by atoms with Crippen LogP contribution in [0, 0.1) is 5.92 Å². The molecule has 1 unspecified atom stereocenters.